The van der Waals surface area contributed by atoms with Crippen LogP contribution in [0, 0.1) is 5.92 Å². The molecule has 1 amide bonds. The summed E-state index contributed by atoms with van der Waals surface area (Å²) in [5.41, 5.74) is 3.29. The minimum atomic E-state index is -0.968. The van der Waals surface area contributed by atoms with Gasteiger partial charge in [-0.1, -0.05) is 60.7 Å². The number of rotatable bonds is 14. The number of amides is 1. The maximum absolute atomic E-state index is 13.3. The number of carbonyl (C=O) groups is 5. The number of carbonyl (C=O) groups excluding carboxylic acids is 5. The van der Waals surface area contributed by atoms with Gasteiger partial charge in [0.15, 0.2) is 6.10 Å². The van der Waals surface area contributed by atoms with E-state index in [1.165, 1.54) is 37.2 Å². The molecule has 0 spiro atoms. The fraction of sp³-hybridized carbons (Fsp3) is 0.513. The summed E-state index contributed by atoms with van der Waals surface area (Å²) in [5.74, 6) is -2.57. The molecule has 1 aromatic heterocycles. The van der Waals surface area contributed by atoms with Crippen LogP contribution in [0.2, 0.25) is 0 Å². The lowest BCUT2D eigenvalue weighted by Crippen LogP contribution is -2.56. The highest BCUT2D eigenvalue weighted by molar-refractivity contribution is 7.99. The van der Waals surface area contributed by atoms with Crippen molar-refractivity contribution in [2.45, 2.75) is 108 Å². The molecule has 55 heavy (non-hydrogen) atoms. The van der Waals surface area contributed by atoms with Crippen molar-refractivity contribution < 1.29 is 52.4 Å². The van der Waals surface area contributed by atoms with Gasteiger partial charge in [-0.25, -0.2) is 4.79 Å². The van der Waals surface area contributed by atoms with E-state index in [1.807, 2.05) is 36.4 Å². The van der Waals surface area contributed by atoms with Crippen LogP contribution in [-0.2, 0) is 59.9 Å². The Morgan fingerprint density at radius 2 is 1.49 bits per heavy atom. The molecule has 3 aromatic rings. The lowest BCUT2D eigenvalue weighted by atomic mass is 9.91. The first-order valence-corrected chi connectivity index (χ1v) is 19.1. The molecule has 1 aliphatic carbocycles. The van der Waals surface area contributed by atoms with Crippen LogP contribution in [0.4, 0.5) is 4.79 Å². The Bertz CT molecular complexity index is 1810. The molecule has 296 valence electrons. The Balaban J connectivity index is 1.26. The molecular formula is C39H48N4O11S. The third-order valence-corrected chi connectivity index (χ3v) is 10.1. The van der Waals surface area contributed by atoms with Gasteiger partial charge in [0, 0.05) is 44.6 Å². The SMILES string of the molecule is CC(=O)OCC1O[C@H](SCc2cn(C[C@H](CC(=O)OC(C)(C)C)NC(=O)OCC3c4ccccc4-c4ccccc43)nn2)C(OC(C)=O)C(OC(C)=O)[C@H]1C. The Hall–Kier alpha value is -4.96. The molecule has 2 heterocycles. The van der Waals surface area contributed by atoms with E-state index in [9.17, 15) is 24.0 Å². The second-order valence-corrected chi connectivity index (χ2v) is 15.6. The first-order valence-electron chi connectivity index (χ1n) is 18.0. The zero-order chi connectivity index (χ0) is 39.9. The van der Waals surface area contributed by atoms with Crippen LogP contribution < -0.4 is 5.32 Å². The van der Waals surface area contributed by atoms with Crippen LogP contribution in [0.5, 0.6) is 0 Å². The van der Waals surface area contributed by atoms with Crippen molar-refractivity contribution in [2.75, 3.05) is 13.2 Å². The summed E-state index contributed by atoms with van der Waals surface area (Å²) in [4.78, 5) is 61.9. The number of esters is 4. The molecule has 1 N–H and O–H groups in total. The Morgan fingerprint density at radius 3 is 2.09 bits per heavy atom. The Kier molecular flexibility index (Phi) is 13.6. The molecule has 15 nitrogen and oxygen atoms in total. The van der Waals surface area contributed by atoms with Gasteiger partial charge in [-0.05, 0) is 43.0 Å². The van der Waals surface area contributed by atoms with E-state index in [2.05, 4.69) is 27.8 Å². The fourth-order valence-corrected chi connectivity index (χ4v) is 7.77. The van der Waals surface area contributed by atoms with E-state index in [-0.39, 0.29) is 37.9 Å². The van der Waals surface area contributed by atoms with Gasteiger partial charge >= 0.3 is 30.0 Å². The second kappa shape index (κ2) is 18.1. The standard InChI is InChI=1S/C39H48N4O11S/c1-22-33(20-49-23(2)44)53-37(36(52-25(4)46)35(22)51-24(3)45)55-21-27-18-43(42-41-27)17-26(16-34(47)54-39(5,6)7)40-38(48)50-19-32-30-14-10-8-12-28(30)29-13-9-11-15-31(29)32/h8-15,18,22,26,32-33,35-37H,16-17,19-21H2,1-7H3,(H,40,48)/t22-,26-,33?,35?,36?,37+/m0/s1. The fourth-order valence-electron chi connectivity index (χ4n) is 6.68. The second-order valence-electron chi connectivity index (χ2n) is 14.6. The number of nitrogens with zero attached hydrogens (tertiary/aromatic N) is 3. The Morgan fingerprint density at radius 1 is 0.873 bits per heavy atom. The zero-order valence-corrected chi connectivity index (χ0v) is 32.8. The van der Waals surface area contributed by atoms with Gasteiger partial charge in [0.1, 0.15) is 30.4 Å². The van der Waals surface area contributed by atoms with Gasteiger partial charge in [0.2, 0.25) is 0 Å². The Labute approximate surface area is 324 Å². The van der Waals surface area contributed by atoms with Gasteiger partial charge in [-0.3, -0.25) is 23.9 Å². The monoisotopic (exact) mass is 780 g/mol. The molecule has 5 rings (SSSR count). The third kappa shape index (κ3) is 11.3. The summed E-state index contributed by atoms with van der Waals surface area (Å²) in [7, 11) is 0. The van der Waals surface area contributed by atoms with Crippen molar-refractivity contribution in [3.8, 4) is 11.1 Å². The predicted molar refractivity (Wildman–Crippen MR) is 199 cm³/mol. The summed E-state index contributed by atoms with van der Waals surface area (Å²) in [6.07, 6.45) is -1.71. The van der Waals surface area contributed by atoms with Crippen molar-refractivity contribution in [1.29, 1.82) is 0 Å². The maximum atomic E-state index is 13.3. The minimum absolute atomic E-state index is 0.0631. The van der Waals surface area contributed by atoms with Gasteiger partial charge in [0.25, 0.3) is 0 Å². The van der Waals surface area contributed by atoms with Gasteiger partial charge in [0.05, 0.1) is 30.8 Å². The van der Waals surface area contributed by atoms with E-state index >= 15 is 0 Å². The molecule has 1 aliphatic heterocycles. The average Bonchev–Trinajstić information content (AvgIpc) is 3.68. The molecule has 2 aliphatic rings. The van der Waals surface area contributed by atoms with E-state index in [4.69, 9.17) is 28.4 Å². The summed E-state index contributed by atoms with van der Waals surface area (Å²) in [6.45, 7) is 10.9. The molecule has 0 radical (unpaired) electrons. The van der Waals surface area contributed by atoms with Gasteiger partial charge in [-0.15, -0.1) is 16.9 Å². The highest BCUT2D eigenvalue weighted by Gasteiger charge is 2.48. The highest BCUT2D eigenvalue weighted by Crippen LogP contribution is 2.44. The van der Waals surface area contributed by atoms with E-state index in [1.54, 1.807) is 33.9 Å². The number of nitrogens with one attached hydrogen (secondary N) is 1. The quantitative estimate of drug-likeness (QED) is 0.172. The first kappa shape index (κ1) is 41.2. The lowest BCUT2D eigenvalue weighted by Gasteiger charge is -2.43. The van der Waals surface area contributed by atoms with Crippen LogP contribution in [0.3, 0.4) is 0 Å². The van der Waals surface area contributed by atoms with Gasteiger partial charge in [-0.2, -0.15) is 0 Å². The number of benzene rings is 2. The van der Waals surface area contributed by atoms with Crippen LogP contribution in [0.25, 0.3) is 11.1 Å². The molecule has 1 fully saturated rings. The minimum Gasteiger partial charge on any atom is -0.463 e. The van der Waals surface area contributed by atoms with Crippen LogP contribution in [0.15, 0.2) is 54.7 Å². The number of fused-ring (bicyclic) bond motifs is 3. The molecular weight excluding hydrogens is 733 g/mol. The molecule has 0 saturated carbocycles. The summed E-state index contributed by atoms with van der Waals surface area (Å²) in [5, 5.41) is 11.3. The molecule has 2 aromatic carbocycles. The first-order chi connectivity index (χ1) is 26.1. The van der Waals surface area contributed by atoms with E-state index in [0.29, 0.717) is 5.69 Å². The largest absolute Gasteiger partial charge is 0.463 e. The molecule has 1 saturated heterocycles. The normalized spacial score (nSPS) is 21.0. The van der Waals surface area contributed by atoms with Crippen molar-refractivity contribution >= 4 is 41.7 Å². The topological polar surface area (TPSA) is 183 Å². The average molecular weight is 781 g/mol. The zero-order valence-electron chi connectivity index (χ0n) is 32.0. The highest BCUT2D eigenvalue weighted by atomic mass is 32.2. The number of alkyl carbamates (subject to hydrolysis) is 1. The predicted octanol–water partition coefficient (Wildman–Crippen LogP) is 4.94. The van der Waals surface area contributed by atoms with E-state index in [0.717, 1.165) is 22.3 Å². The smallest absolute Gasteiger partial charge is 0.407 e. The number of hydrogen-bond donors (Lipinski definition) is 1. The molecule has 16 heteroatoms. The van der Waals surface area contributed by atoms with Crippen molar-refractivity contribution in [3.05, 3.63) is 71.5 Å². The number of thioether (sulfide) groups is 1. The van der Waals surface area contributed by atoms with Crippen molar-refractivity contribution in [1.82, 2.24) is 20.3 Å². The summed E-state index contributed by atoms with van der Waals surface area (Å²) < 4.78 is 35.4. The van der Waals surface area contributed by atoms with Crippen molar-refractivity contribution in [2.24, 2.45) is 5.92 Å². The summed E-state index contributed by atoms with van der Waals surface area (Å²) in [6, 6.07) is 15.3. The van der Waals surface area contributed by atoms with Crippen LogP contribution >= 0.6 is 11.8 Å². The lowest BCUT2D eigenvalue weighted by molar-refractivity contribution is -0.213. The van der Waals surface area contributed by atoms with Crippen LogP contribution in [-0.4, -0.2) is 93.6 Å². The van der Waals surface area contributed by atoms with Gasteiger partial charge < -0.3 is 33.7 Å². The number of aromatic nitrogens is 3. The van der Waals surface area contributed by atoms with Crippen LogP contribution in [0.1, 0.15) is 77.6 Å². The maximum Gasteiger partial charge on any atom is 0.407 e. The number of ether oxygens (including phenoxy) is 6. The molecule has 6 atom stereocenters. The third-order valence-electron chi connectivity index (χ3n) is 8.95. The van der Waals surface area contributed by atoms with E-state index < -0.39 is 71.3 Å². The summed E-state index contributed by atoms with van der Waals surface area (Å²) >= 11 is 1.23. The molecule has 0 bridgehead atoms. The van der Waals surface area contributed by atoms with Crippen molar-refractivity contribution in [3.63, 3.8) is 0 Å². The number of hydrogen-bond acceptors (Lipinski definition) is 14. The molecule has 3 unspecified atom stereocenters.